The molecule has 5 N–H and O–H groups in total. The van der Waals surface area contributed by atoms with Gasteiger partial charge in [0.25, 0.3) is 0 Å². The molecule has 4 atom stereocenters. The van der Waals surface area contributed by atoms with Crippen molar-refractivity contribution >= 4 is 45.9 Å². The molecular weight excluding hydrogens is 867 g/mol. The highest BCUT2D eigenvalue weighted by molar-refractivity contribution is 7.13. The Labute approximate surface area is 396 Å². The highest BCUT2D eigenvalue weighted by atomic mass is 32.1. The number of nitrogens with zero attached hydrogens (tertiary/aromatic N) is 8. The monoisotopic (exact) mass is 931 g/mol. The number of carbonyl (C=O) groups excluding carboxylic acids is 3. The van der Waals surface area contributed by atoms with Crippen molar-refractivity contribution in [1.82, 2.24) is 50.3 Å². The lowest BCUT2D eigenvalue weighted by atomic mass is 9.85. The summed E-state index contributed by atoms with van der Waals surface area (Å²) in [5.74, 6) is 0.564. The second-order valence-electron chi connectivity index (χ2n) is 20.3. The van der Waals surface area contributed by atoms with Gasteiger partial charge >= 0.3 is 0 Å². The number of likely N-dealkylation sites (tertiary alicyclic amines) is 3. The van der Waals surface area contributed by atoms with Crippen molar-refractivity contribution in [1.29, 1.82) is 0 Å². The molecule has 6 heterocycles. The van der Waals surface area contributed by atoms with E-state index in [2.05, 4.69) is 45.6 Å². The molecule has 2 aromatic carbocycles. The summed E-state index contributed by atoms with van der Waals surface area (Å²) in [6.07, 6.45) is 5.43. The van der Waals surface area contributed by atoms with Crippen LogP contribution in [0, 0.1) is 18.3 Å². The lowest BCUT2D eigenvalue weighted by molar-refractivity contribution is -0.144. The van der Waals surface area contributed by atoms with Gasteiger partial charge in [0, 0.05) is 44.2 Å². The summed E-state index contributed by atoms with van der Waals surface area (Å²) in [7, 11) is 0. The van der Waals surface area contributed by atoms with Gasteiger partial charge in [0.2, 0.25) is 17.7 Å². The number of para-hydroxylation sites is 1. The van der Waals surface area contributed by atoms with Crippen molar-refractivity contribution in [2.45, 2.75) is 116 Å². The average molecular weight is 932 g/mol. The van der Waals surface area contributed by atoms with Crippen molar-refractivity contribution in [3.63, 3.8) is 0 Å². The maximum absolute atomic E-state index is 14.3. The normalized spacial score (nSPS) is 21.1. The van der Waals surface area contributed by atoms with E-state index in [9.17, 15) is 24.6 Å². The Hall–Kier alpha value is -5.49. The van der Waals surface area contributed by atoms with Crippen molar-refractivity contribution in [3.05, 3.63) is 71.4 Å². The van der Waals surface area contributed by atoms with Crippen LogP contribution in [0.15, 0.2) is 60.1 Å². The summed E-state index contributed by atoms with van der Waals surface area (Å²) < 4.78 is 2.13. The van der Waals surface area contributed by atoms with E-state index in [1.54, 1.807) is 23.5 Å². The number of aromatic hydroxyl groups is 1. The highest BCUT2D eigenvalue weighted by Crippen LogP contribution is 2.36. The van der Waals surface area contributed by atoms with Gasteiger partial charge in [0.1, 0.15) is 17.8 Å². The number of hydrogen-bond donors (Lipinski definition) is 5. The van der Waals surface area contributed by atoms with Gasteiger partial charge in [-0.1, -0.05) is 57.2 Å². The second-order valence-corrected chi connectivity index (χ2v) is 21.2. The number of carbonyl (C=O) groups is 3. The fourth-order valence-electron chi connectivity index (χ4n) is 10.0. The number of hydrogen-bond acceptors (Lipinski definition) is 13. The minimum Gasteiger partial charge on any atom is -0.507 e. The van der Waals surface area contributed by atoms with Crippen molar-refractivity contribution in [2.24, 2.45) is 11.3 Å². The summed E-state index contributed by atoms with van der Waals surface area (Å²) >= 11 is 1.59. The number of aliphatic hydroxyl groups excluding tert-OH is 1. The fourth-order valence-corrected chi connectivity index (χ4v) is 10.8. The van der Waals surface area contributed by atoms with Gasteiger partial charge in [0.15, 0.2) is 11.3 Å². The molecule has 5 aromatic rings. The summed E-state index contributed by atoms with van der Waals surface area (Å²) in [4.78, 5) is 53.4. The lowest BCUT2D eigenvalue weighted by Gasteiger charge is -2.38. The zero-order valence-corrected chi connectivity index (χ0v) is 40.1. The number of rotatable bonds is 14. The van der Waals surface area contributed by atoms with Gasteiger partial charge in [-0.05, 0) is 106 Å². The van der Waals surface area contributed by atoms with E-state index in [1.807, 2.05) is 82.6 Å². The highest BCUT2D eigenvalue weighted by Gasteiger charge is 2.45. The minimum absolute atomic E-state index is 0.0255. The van der Waals surface area contributed by atoms with E-state index >= 15 is 0 Å². The first kappa shape index (κ1) is 46.6. The van der Waals surface area contributed by atoms with Crippen LogP contribution >= 0.6 is 11.3 Å². The van der Waals surface area contributed by atoms with Gasteiger partial charge in [-0.3, -0.25) is 24.0 Å². The molecule has 3 aromatic heterocycles. The van der Waals surface area contributed by atoms with E-state index in [1.165, 1.54) is 4.90 Å². The molecule has 356 valence electrons. The molecule has 0 bridgehead atoms. The van der Waals surface area contributed by atoms with Gasteiger partial charge in [-0.2, -0.15) is 5.10 Å². The van der Waals surface area contributed by atoms with E-state index in [0.717, 1.165) is 110 Å². The van der Waals surface area contributed by atoms with Crippen LogP contribution in [0.4, 0.5) is 5.82 Å². The maximum Gasteiger partial charge on any atom is 0.246 e. The summed E-state index contributed by atoms with van der Waals surface area (Å²) in [5, 5.41) is 45.1. The molecule has 0 unspecified atom stereocenters. The molecule has 0 spiro atoms. The molecule has 4 fully saturated rings. The molecule has 3 aliphatic heterocycles. The van der Waals surface area contributed by atoms with Gasteiger partial charge in [-0.15, -0.1) is 21.5 Å². The number of benzene rings is 2. The van der Waals surface area contributed by atoms with E-state index in [4.69, 9.17) is 5.10 Å². The second kappa shape index (κ2) is 19.6. The van der Waals surface area contributed by atoms with Crippen molar-refractivity contribution in [2.75, 3.05) is 51.1 Å². The molecule has 0 radical (unpaired) electrons. The standard InChI is InChI=1S/C50H65N11O5S/c1-30(33-10-12-34(13-11-33)45-31(2)51-29-67-45)52-48(65)41-24-37(62)27-60(41)49(66)46(50(3,4)5)54-43(64)28-59-20-16-32(17-21-59)26-58-22-18-36(19-23-58)61-40-25-39(38-8-6-7-9-42(38)63)55-56-44(40)47(57-61)53-35-14-15-35/h6-13,25,29-30,32,35-37,41,46,62-63H,14-24,26-28H2,1-5H3,(H,52,65)(H,53,57)(H,54,64)/t30-,37+,41-,46+/m0/s1. The number of aromatic nitrogens is 5. The molecule has 17 heteroatoms. The number of piperidine rings is 2. The van der Waals surface area contributed by atoms with Crippen molar-refractivity contribution in [3.8, 4) is 27.4 Å². The zero-order valence-electron chi connectivity index (χ0n) is 39.3. The topological polar surface area (TPSA) is 194 Å². The number of phenolic OH excluding ortho intramolecular Hbond substituents is 1. The predicted octanol–water partition coefficient (Wildman–Crippen LogP) is 5.92. The van der Waals surface area contributed by atoms with Crippen LogP contribution in [0.3, 0.4) is 0 Å². The number of nitrogens with one attached hydrogen (secondary N) is 3. The number of thiazole rings is 1. The Bertz CT molecular complexity index is 2550. The first-order valence-corrected chi connectivity index (χ1v) is 24.9. The number of anilines is 1. The Kier molecular flexibility index (Phi) is 13.6. The third-order valence-corrected chi connectivity index (χ3v) is 15.1. The van der Waals surface area contributed by atoms with E-state index in [0.29, 0.717) is 23.2 Å². The van der Waals surface area contributed by atoms with Crippen LogP contribution < -0.4 is 16.0 Å². The number of aryl methyl sites for hydroxylation is 1. The average Bonchev–Trinajstić information content (AvgIpc) is 3.70. The fraction of sp³-hybridized carbons (Fsp3) is 0.540. The van der Waals surface area contributed by atoms with Gasteiger partial charge < -0.3 is 36.0 Å². The van der Waals surface area contributed by atoms with E-state index < -0.39 is 23.6 Å². The van der Waals surface area contributed by atoms with Gasteiger partial charge in [-0.25, -0.2) is 4.98 Å². The Balaban J connectivity index is 0.754. The van der Waals surface area contributed by atoms with Gasteiger partial charge in [0.05, 0.1) is 52.0 Å². The van der Waals surface area contributed by atoms with Crippen LogP contribution in [0.2, 0.25) is 0 Å². The number of phenols is 1. The summed E-state index contributed by atoms with van der Waals surface area (Å²) in [6, 6.07) is 15.8. The van der Waals surface area contributed by atoms with Crippen LogP contribution in [0.1, 0.15) is 96.0 Å². The Morgan fingerprint density at radius 1 is 0.910 bits per heavy atom. The zero-order chi connectivity index (χ0) is 47.0. The Morgan fingerprint density at radius 2 is 1.63 bits per heavy atom. The minimum atomic E-state index is -0.880. The third-order valence-electron chi connectivity index (χ3n) is 14.1. The molecular formula is C50H65N11O5S. The number of fused-ring (bicyclic) bond motifs is 1. The lowest BCUT2D eigenvalue weighted by Crippen LogP contribution is -2.59. The van der Waals surface area contributed by atoms with E-state index in [-0.39, 0.29) is 55.1 Å². The Morgan fingerprint density at radius 3 is 2.30 bits per heavy atom. The first-order valence-electron chi connectivity index (χ1n) is 24.0. The van der Waals surface area contributed by atoms with Crippen LogP contribution in [0.5, 0.6) is 5.75 Å². The smallest absolute Gasteiger partial charge is 0.246 e. The molecule has 3 saturated heterocycles. The number of amides is 3. The van der Waals surface area contributed by atoms with Crippen LogP contribution in [-0.4, -0.2) is 138 Å². The molecule has 4 aliphatic rings. The number of aliphatic hydroxyl groups is 1. The third kappa shape index (κ3) is 10.6. The van der Waals surface area contributed by atoms with Crippen LogP contribution in [-0.2, 0) is 14.4 Å². The maximum atomic E-state index is 14.3. The van der Waals surface area contributed by atoms with Crippen molar-refractivity contribution < 1.29 is 24.6 Å². The SMILES string of the molecule is Cc1ncsc1-c1ccc([C@H](C)NC(=O)[C@@H]2C[C@@H](O)CN2C(=O)[C@@H](NC(=O)CN2CCC(CN3CCC(n4nc(NC5CC5)c5nnc(-c6ccccc6O)cc54)CC3)CC2)C(C)(C)C)cc1. The summed E-state index contributed by atoms with van der Waals surface area (Å²) in [6.45, 7) is 14.4. The molecule has 67 heavy (non-hydrogen) atoms. The first-order chi connectivity index (χ1) is 32.2. The number of β-amino-alcohol motifs (C(OH)–C–C–N with tert-alkyl or cyclic N) is 1. The molecule has 9 rings (SSSR count). The molecule has 3 amide bonds. The largest absolute Gasteiger partial charge is 0.507 e. The quantitative estimate of drug-likeness (QED) is 0.0884. The molecule has 1 saturated carbocycles. The summed E-state index contributed by atoms with van der Waals surface area (Å²) in [5.41, 5.74) is 7.12. The molecule has 1 aliphatic carbocycles. The predicted molar refractivity (Wildman–Crippen MR) is 259 cm³/mol. The molecule has 16 nitrogen and oxygen atoms in total. The van der Waals surface area contributed by atoms with Crippen LogP contribution in [0.25, 0.3) is 32.7 Å².